The molecule has 0 saturated heterocycles. The van der Waals surface area contributed by atoms with Crippen molar-refractivity contribution in [2.24, 2.45) is 0 Å². The van der Waals surface area contributed by atoms with Gasteiger partial charge in [0.2, 0.25) is 0 Å². The Morgan fingerprint density at radius 2 is 1.79 bits per heavy atom. The highest BCUT2D eigenvalue weighted by atomic mass is 16.1. The van der Waals surface area contributed by atoms with Crippen LogP contribution in [0.1, 0.15) is 29.8 Å². The zero-order valence-corrected chi connectivity index (χ0v) is 8.53. The number of rotatable bonds is 3. The van der Waals surface area contributed by atoms with Crippen LogP contribution in [0.3, 0.4) is 0 Å². The molecule has 0 aromatic heterocycles. The Kier molecular flexibility index (Phi) is 3.86. The molecule has 0 aliphatic rings. The molecule has 1 aromatic rings. The average molecular weight is 186 g/mol. The van der Waals surface area contributed by atoms with E-state index in [2.05, 4.69) is 12.2 Å². The van der Waals surface area contributed by atoms with Crippen LogP contribution in [0.15, 0.2) is 42.5 Å². The average Bonchev–Trinajstić information content (AvgIpc) is 2.26. The highest BCUT2D eigenvalue weighted by Gasteiger charge is 1.96. The summed E-state index contributed by atoms with van der Waals surface area (Å²) in [5.74, 6) is 0. The first kappa shape index (κ1) is 10.5. The summed E-state index contributed by atoms with van der Waals surface area (Å²) in [7, 11) is 0. The molecule has 0 atom stereocenters. The maximum atomic E-state index is 10.5. The van der Waals surface area contributed by atoms with Crippen molar-refractivity contribution in [2.75, 3.05) is 0 Å². The minimum Gasteiger partial charge on any atom is -0.298 e. The summed E-state index contributed by atoms with van der Waals surface area (Å²) in [5.41, 5.74) is 3.02. The van der Waals surface area contributed by atoms with Crippen molar-refractivity contribution in [3.63, 3.8) is 0 Å². The van der Waals surface area contributed by atoms with Gasteiger partial charge in [0, 0.05) is 5.56 Å². The first-order chi connectivity index (χ1) is 6.81. The van der Waals surface area contributed by atoms with Crippen molar-refractivity contribution in [3.05, 3.63) is 53.6 Å². The smallest absolute Gasteiger partial charge is 0.150 e. The van der Waals surface area contributed by atoms with Crippen LogP contribution in [-0.4, -0.2) is 6.29 Å². The lowest BCUT2D eigenvalue weighted by atomic mass is 10.0. The van der Waals surface area contributed by atoms with Crippen molar-refractivity contribution in [3.8, 4) is 0 Å². The second-order valence-electron chi connectivity index (χ2n) is 2.98. The number of allylic oxidation sites excluding steroid dienone is 4. The fourth-order valence-corrected chi connectivity index (χ4v) is 1.29. The third-order valence-corrected chi connectivity index (χ3v) is 2.04. The van der Waals surface area contributed by atoms with Gasteiger partial charge < -0.3 is 0 Å². The molecule has 0 heterocycles. The van der Waals surface area contributed by atoms with Crippen LogP contribution < -0.4 is 0 Å². The molecule has 72 valence electrons. The summed E-state index contributed by atoms with van der Waals surface area (Å²) in [4.78, 5) is 10.5. The molecule has 0 aliphatic heterocycles. The van der Waals surface area contributed by atoms with Crippen LogP contribution >= 0.6 is 0 Å². The Balaban J connectivity index is 3.01. The normalized spacial score (nSPS) is 12.0. The van der Waals surface area contributed by atoms with Crippen LogP contribution in [0.2, 0.25) is 0 Å². The van der Waals surface area contributed by atoms with E-state index in [9.17, 15) is 4.79 Å². The zero-order valence-electron chi connectivity index (χ0n) is 8.53. The predicted molar refractivity (Wildman–Crippen MR) is 60.3 cm³/mol. The van der Waals surface area contributed by atoms with Gasteiger partial charge in [-0.3, -0.25) is 4.79 Å². The summed E-state index contributed by atoms with van der Waals surface area (Å²) in [5, 5.41) is 0. The Morgan fingerprint density at radius 1 is 1.14 bits per heavy atom. The summed E-state index contributed by atoms with van der Waals surface area (Å²) >= 11 is 0. The Morgan fingerprint density at radius 3 is 2.21 bits per heavy atom. The number of hydrogen-bond acceptors (Lipinski definition) is 1. The van der Waals surface area contributed by atoms with Gasteiger partial charge in [0.15, 0.2) is 0 Å². The molecule has 0 fully saturated rings. The third kappa shape index (κ3) is 2.43. The van der Waals surface area contributed by atoms with E-state index in [-0.39, 0.29) is 0 Å². The lowest BCUT2D eigenvalue weighted by molar-refractivity contribution is 0.112. The van der Waals surface area contributed by atoms with E-state index in [1.807, 2.05) is 44.2 Å². The molecule has 0 radical (unpaired) electrons. The number of aldehydes is 1. The SMILES string of the molecule is C/C=C\C(=C/C)c1ccc(C=O)cc1. The third-order valence-electron chi connectivity index (χ3n) is 2.04. The van der Waals surface area contributed by atoms with Crippen molar-refractivity contribution in [2.45, 2.75) is 13.8 Å². The second-order valence-corrected chi connectivity index (χ2v) is 2.98. The minimum absolute atomic E-state index is 0.713. The monoisotopic (exact) mass is 186 g/mol. The molecule has 1 nitrogen and oxygen atoms in total. The maximum absolute atomic E-state index is 10.5. The van der Waals surface area contributed by atoms with Crippen LogP contribution in [0.4, 0.5) is 0 Å². The largest absolute Gasteiger partial charge is 0.298 e. The summed E-state index contributed by atoms with van der Waals surface area (Å²) < 4.78 is 0. The van der Waals surface area contributed by atoms with Crippen LogP contribution in [0.25, 0.3) is 5.57 Å². The van der Waals surface area contributed by atoms with E-state index in [0.717, 1.165) is 11.8 Å². The van der Waals surface area contributed by atoms with E-state index >= 15 is 0 Å². The number of hydrogen-bond donors (Lipinski definition) is 0. The van der Waals surface area contributed by atoms with Gasteiger partial charge in [0.05, 0.1) is 0 Å². The first-order valence-corrected chi connectivity index (χ1v) is 4.66. The van der Waals surface area contributed by atoms with E-state index in [4.69, 9.17) is 0 Å². The van der Waals surface area contributed by atoms with Gasteiger partial charge in [-0.05, 0) is 25.0 Å². The fourth-order valence-electron chi connectivity index (χ4n) is 1.29. The Bertz CT molecular complexity index is 355. The van der Waals surface area contributed by atoms with Gasteiger partial charge in [-0.2, -0.15) is 0 Å². The van der Waals surface area contributed by atoms with Crippen LogP contribution in [0.5, 0.6) is 0 Å². The maximum Gasteiger partial charge on any atom is 0.150 e. The van der Waals surface area contributed by atoms with Gasteiger partial charge in [0.1, 0.15) is 6.29 Å². The molecular formula is C13H14O. The zero-order chi connectivity index (χ0) is 10.4. The van der Waals surface area contributed by atoms with Crippen molar-refractivity contribution >= 4 is 11.9 Å². The Labute approximate surface area is 84.8 Å². The summed E-state index contributed by atoms with van der Waals surface area (Å²) in [6.45, 7) is 3.99. The lowest BCUT2D eigenvalue weighted by Gasteiger charge is -2.01. The van der Waals surface area contributed by atoms with E-state index in [0.29, 0.717) is 5.56 Å². The summed E-state index contributed by atoms with van der Waals surface area (Å²) in [6, 6.07) is 7.57. The van der Waals surface area contributed by atoms with Crippen molar-refractivity contribution in [1.82, 2.24) is 0 Å². The second kappa shape index (κ2) is 5.18. The quantitative estimate of drug-likeness (QED) is 0.521. The molecule has 1 rings (SSSR count). The highest BCUT2D eigenvalue weighted by molar-refractivity contribution is 5.78. The predicted octanol–water partition coefficient (Wildman–Crippen LogP) is 3.48. The molecule has 0 N–H and O–H groups in total. The van der Waals surface area contributed by atoms with Gasteiger partial charge in [0.25, 0.3) is 0 Å². The van der Waals surface area contributed by atoms with Crippen LogP contribution in [-0.2, 0) is 0 Å². The molecular weight excluding hydrogens is 172 g/mol. The van der Waals surface area contributed by atoms with Gasteiger partial charge >= 0.3 is 0 Å². The van der Waals surface area contributed by atoms with Gasteiger partial charge in [-0.15, -0.1) is 0 Å². The lowest BCUT2D eigenvalue weighted by Crippen LogP contribution is -1.83. The molecule has 1 aromatic carbocycles. The molecule has 0 aliphatic carbocycles. The van der Waals surface area contributed by atoms with E-state index in [1.54, 1.807) is 0 Å². The van der Waals surface area contributed by atoms with Crippen molar-refractivity contribution in [1.29, 1.82) is 0 Å². The molecule has 0 bridgehead atoms. The number of benzene rings is 1. The van der Waals surface area contributed by atoms with E-state index in [1.165, 1.54) is 5.57 Å². The minimum atomic E-state index is 0.713. The molecule has 0 amide bonds. The van der Waals surface area contributed by atoms with E-state index < -0.39 is 0 Å². The molecule has 0 saturated carbocycles. The topological polar surface area (TPSA) is 17.1 Å². The number of carbonyl (C=O) groups excluding carboxylic acids is 1. The molecule has 0 spiro atoms. The molecule has 1 heteroatoms. The van der Waals surface area contributed by atoms with Crippen molar-refractivity contribution < 1.29 is 4.79 Å². The first-order valence-electron chi connectivity index (χ1n) is 4.66. The molecule has 14 heavy (non-hydrogen) atoms. The summed E-state index contributed by atoms with van der Waals surface area (Å²) in [6.07, 6.45) is 6.96. The highest BCUT2D eigenvalue weighted by Crippen LogP contribution is 2.15. The standard InChI is InChI=1S/C13H14O/c1-3-5-12(4-2)13-8-6-11(10-14)7-9-13/h3-10H,1-2H3/b5-3-,12-4+. The Hall–Kier alpha value is -1.63. The van der Waals surface area contributed by atoms with Gasteiger partial charge in [-0.25, -0.2) is 0 Å². The fraction of sp³-hybridized carbons (Fsp3) is 0.154. The van der Waals surface area contributed by atoms with Gasteiger partial charge in [-0.1, -0.05) is 42.5 Å². The van der Waals surface area contributed by atoms with Crippen LogP contribution in [0, 0.1) is 0 Å². The number of carbonyl (C=O) groups is 1. The molecule has 0 unspecified atom stereocenters.